The quantitative estimate of drug-likeness (QED) is 0.907. The number of hydrogen-bond acceptors (Lipinski definition) is 3. The molecule has 0 aliphatic carbocycles. The third-order valence-electron chi connectivity index (χ3n) is 3.36. The molecule has 1 aromatic heterocycles. The van der Waals surface area contributed by atoms with E-state index in [-0.39, 0.29) is 11.4 Å². The summed E-state index contributed by atoms with van der Waals surface area (Å²) < 4.78 is 43.5. The fourth-order valence-electron chi connectivity index (χ4n) is 2.42. The number of halogens is 3. The smallest absolute Gasteiger partial charge is 0.416 e. The van der Waals surface area contributed by atoms with Crippen molar-refractivity contribution >= 4 is 11.1 Å². The van der Waals surface area contributed by atoms with E-state index in [4.69, 9.17) is 10.2 Å². The third kappa shape index (κ3) is 3.97. The average Bonchev–Trinajstić information content (AvgIpc) is 2.77. The molecule has 2 N–H and O–H groups in total. The molecule has 2 aromatic rings. The highest BCUT2D eigenvalue weighted by Gasteiger charge is 2.31. The predicted molar refractivity (Wildman–Crippen MR) is 74.7 cm³/mol. The van der Waals surface area contributed by atoms with E-state index in [2.05, 4.69) is 18.8 Å². The lowest BCUT2D eigenvalue weighted by Gasteiger charge is -2.14. The third-order valence-corrected chi connectivity index (χ3v) is 3.36. The molecule has 1 aromatic carbocycles. The Kier molecular flexibility index (Phi) is 4.56. The van der Waals surface area contributed by atoms with Crippen LogP contribution in [0.15, 0.2) is 22.6 Å². The van der Waals surface area contributed by atoms with Gasteiger partial charge in [0.1, 0.15) is 5.52 Å². The fraction of sp³-hybridized carbons (Fsp3) is 0.533. The molecular weight excluding hydrogens is 281 g/mol. The molecule has 3 nitrogen and oxygen atoms in total. The minimum atomic E-state index is -4.37. The number of fused-ring (bicyclic) bond motifs is 1. The normalized spacial score (nSPS) is 14.0. The summed E-state index contributed by atoms with van der Waals surface area (Å²) in [6, 6.07) is 3.34. The number of nitrogens with two attached hydrogens (primary N) is 1. The first-order valence-corrected chi connectivity index (χ1v) is 6.96. The Morgan fingerprint density at radius 1 is 1.29 bits per heavy atom. The van der Waals surface area contributed by atoms with Crippen LogP contribution in [0.5, 0.6) is 0 Å². The lowest BCUT2D eigenvalue weighted by Crippen LogP contribution is -2.18. The van der Waals surface area contributed by atoms with Crippen molar-refractivity contribution in [2.45, 2.75) is 32.9 Å². The highest BCUT2D eigenvalue weighted by Crippen LogP contribution is 2.31. The first kappa shape index (κ1) is 15.8. The number of aromatic nitrogens is 1. The van der Waals surface area contributed by atoms with Gasteiger partial charge in [-0.2, -0.15) is 13.2 Å². The summed E-state index contributed by atoms with van der Waals surface area (Å²) in [6.45, 7) is 4.71. The van der Waals surface area contributed by atoms with E-state index in [1.165, 1.54) is 6.07 Å². The van der Waals surface area contributed by atoms with Gasteiger partial charge in [0.15, 0.2) is 11.5 Å². The van der Waals surface area contributed by atoms with Crippen molar-refractivity contribution in [2.24, 2.45) is 17.6 Å². The number of nitrogens with zero attached hydrogens (tertiary/aromatic N) is 1. The van der Waals surface area contributed by atoms with E-state index >= 15 is 0 Å². The molecule has 0 aliphatic rings. The summed E-state index contributed by atoms with van der Waals surface area (Å²) in [7, 11) is 0. The predicted octanol–water partition coefficient (Wildman–Crippen LogP) is 4.01. The summed E-state index contributed by atoms with van der Waals surface area (Å²) in [5.41, 5.74) is 5.62. The van der Waals surface area contributed by atoms with Crippen molar-refractivity contribution in [3.8, 4) is 0 Å². The molecule has 0 bridgehead atoms. The molecule has 0 radical (unpaired) electrons. The minimum absolute atomic E-state index is 0.222. The maximum Gasteiger partial charge on any atom is 0.416 e. The summed E-state index contributed by atoms with van der Waals surface area (Å²) >= 11 is 0. The SMILES string of the molecule is CC(C)CC(CN)Cc1nc2cc(C(F)(F)F)ccc2o1. The van der Waals surface area contributed by atoms with Crippen LogP contribution in [0.25, 0.3) is 11.1 Å². The van der Waals surface area contributed by atoms with Crippen molar-refractivity contribution < 1.29 is 17.6 Å². The van der Waals surface area contributed by atoms with Crippen LogP contribution in [0.2, 0.25) is 0 Å². The molecule has 0 fully saturated rings. The van der Waals surface area contributed by atoms with Gasteiger partial charge in [-0.25, -0.2) is 4.98 Å². The summed E-state index contributed by atoms with van der Waals surface area (Å²) in [5.74, 6) is 1.17. The monoisotopic (exact) mass is 300 g/mol. The van der Waals surface area contributed by atoms with Crippen molar-refractivity contribution in [3.05, 3.63) is 29.7 Å². The van der Waals surface area contributed by atoms with Gasteiger partial charge in [-0.1, -0.05) is 13.8 Å². The second kappa shape index (κ2) is 6.05. The van der Waals surface area contributed by atoms with Crippen LogP contribution in [0, 0.1) is 11.8 Å². The summed E-state index contributed by atoms with van der Waals surface area (Å²) in [6.07, 6.45) is -2.89. The maximum absolute atomic E-state index is 12.7. The van der Waals surface area contributed by atoms with Crippen molar-refractivity contribution in [1.82, 2.24) is 4.98 Å². The summed E-state index contributed by atoms with van der Waals surface area (Å²) in [5, 5.41) is 0. The molecule has 116 valence electrons. The molecule has 2 rings (SSSR count). The van der Waals surface area contributed by atoms with E-state index in [9.17, 15) is 13.2 Å². The van der Waals surface area contributed by atoms with Gasteiger partial charge in [0.05, 0.1) is 5.56 Å². The van der Waals surface area contributed by atoms with Gasteiger partial charge >= 0.3 is 6.18 Å². The number of rotatable bonds is 5. The first-order valence-electron chi connectivity index (χ1n) is 6.96. The summed E-state index contributed by atoms with van der Waals surface area (Å²) in [4.78, 5) is 4.16. The second-order valence-electron chi connectivity index (χ2n) is 5.72. The Bertz CT molecular complexity index is 604. The van der Waals surface area contributed by atoms with Crippen LogP contribution < -0.4 is 5.73 Å². The first-order chi connectivity index (χ1) is 9.79. The molecule has 0 spiro atoms. The standard InChI is InChI=1S/C15H19F3N2O/c1-9(2)5-10(8-19)6-14-20-12-7-11(15(16,17)18)3-4-13(12)21-14/h3-4,7,9-10H,5-6,8,19H2,1-2H3. The van der Waals surface area contributed by atoms with E-state index in [0.717, 1.165) is 18.6 Å². The van der Waals surface area contributed by atoms with Crippen LogP contribution >= 0.6 is 0 Å². The average molecular weight is 300 g/mol. The molecular formula is C15H19F3N2O. The van der Waals surface area contributed by atoms with Gasteiger partial charge in [-0.3, -0.25) is 0 Å². The van der Waals surface area contributed by atoms with Gasteiger partial charge in [0.25, 0.3) is 0 Å². The molecule has 1 heterocycles. The Hall–Kier alpha value is -1.56. The molecule has 0 amide bonds. The Morgan fingerprint density at radius 3 is 2.57 bits per heavy atom. The van der Waals surface area contributed by atoms with Gasteiger partial charge < -0.3 is 10.2 Å². The largest absolute Gasteiger partial charge is 0.441 e. The Morgan fingerprint density at radius 2 is 2.00 bits per heavy atom. The van der Waals surface area contributed by atoms with Gasteiger partial charge in [0, 0.05) is 6.42 Å². The van der Waals surface area contributed by atoms with E-state index < -0.39 is 11.7 Å². The number of oxazole rings is 1. The van der Waals surface area contributed by atoms with Gasteiger partial charge in [-0.15, -0.1) is 0 Å². The van der Waals surface area contributed by atoms with E-state index in [1.807, 2.05) is 0 Å². The highest BCUT2D eigenvalue weighted by molar-refractivity contribution is 5.73. The van der Waals surface area contributed by atoms with Crippen LogP contribution in [0.1, 0.15) is 31.7 Å². The van der Waals surface area contributed by atoms with Crippen LogP contribution in [0.4, 0.5) is 13.2 Å². The lowest BCUT2D eigenvalue weighted by atomic mass is 9.94. The zero-order valence-corrected chi connectivity index (χ0v) is 12.1. The number of hydrogen-bond donors (Lipinski definition) is 1. The zero-order chi connectivity index (χ0) is 15.6. The zero-order valence-electron chi connectivity index (χ0n) is 12.1. The molecule has 0 saturated heterocycles. The van der Waals surface area contributed by atoms with Crippen molar-refractivity contribution in [3.63, 3.8) is 0 Å². The van der Waals surface area contributed by atoms with Crippen LogP contribution in [-0.4, -0.2) is 11.5 Å². The topological polar surface area (TPSA) is 52.0 Å². The maximum atomic E-state index is 12.7. The molecule has 0 aliphatic heterocycles. The second-order valence-corrected chi connectivity index (χ2v) is 5.72. The van der Waals surface area contributed by atoms with Crippen LogP contribution in [0.3, 0.4) is 0 Å². The van der Waals surface area contributed by atoms with Gasteiger partial charge in [0.2, 0.25) is 0 Å². The fourth-order valence-corrected chi connectivity index (χ4v) is 2.42. The van der Waals surface area contributed by atoms with Gasteiger partial charge in [-0.05, 0) is 43.0 Å². The van der Waals surface area contributed by atoms with E-state index in [0.29, 0.717) is 30.4 Å². The van der Waals surface area contributed by atoms with Crippen molar-refractivity contribution in [1.29, 1.82) is 0 Å². The molecule has 1 atom stereocenters. The molecule has 6 heteroatoms. The minimum Gasteiger partial charge on any atom is -0.441 e. The molecule has 0 saturated carbocycles. The Balaban J connectivity index is 2.22. The molecule has 21 heavy (non-hydrogen) atoms. The van der Waals surface area contributed by atoms with Crippen molar-refractivity contribution in [2.75, 3.05) is 6.54 Å². The van der Waals surface area contributed by atoms with E-state index in [1.54, 1.807) is 0 Å². The highest BCUT2D eigenvalue weighted by atomic mass is 19.4. The van der Waals surface area contributed by atoms with Crippen LogP contribution in [-0.2, 0) is 12.6 Å². The Labute approximate surface area is 121 Å². The number of alkyl halides is 3. The molecule has 1 unspecified atom stereocenters. The lowest BCUT2D eigenvalue weighted by molar-refractivity contribution is -0.137. The number of benzene rings is 1.